The summed E-state index contributed by atoms with van der Waals surface area (Å²) in [5.74, 6) is 0. The molecule has 0 saturated carbocycles. The van der Waals surface area contributed by atoms with E-state index in [1.165, 1.54) is 13.1 Å². The van der Waals surface area contributed by atoms with Gasteiger partial charge in [-0.2, -0.15) is 17.4 Å². The van der Waals surface area contributed by atoms with E-state index >= 15 is 0 Å². The van der Waals surface area contributed by atoms with Crippen LogP contribution < -0.4 is 9.44 Å². The predicted molar refractivity (Wildman–Crippen MR) is 90.6 cm³/mol. The van der Waals surface area contributed by atoms with Crippen molar-refractivity contribution in [2.24, 2.45) is 0 Å². The minimum atomic E-state index is -3.74. The summed E-state index contributed by atoms with van der Waals surface area (Å²) >= 11 is 0. The molecular formula is C14H25N3O4S2. The maximum absolute atomic E-state index is 12.5. The third-order valence-corrected chi connectivity index (χ3v) is 6.45. The minimum absolute atomic E-state index is 0.0665. The average Bonchev–Trinajstić information content (AvgIpc) is 2.42. The maximum Gasteiger partial charge on any atom is 0.279 e. The predicted octanol–water partition coefficient (Wildman–Crippen LogP) is 1.05. The molecule has 0 aliphatic heterocycles. The molecule has 1 aromatic carbocycles. The van der Waals surface area contributed by atoms with Gasteiger partial charge in [0, 0.05) is 25.7 Å². The van der Waals surface area contributed by atoms with Crippen LogP contribution in [0, 0.1) is 0 Å². The summed E-state index contributed by atoms with van der Waals surface area (Å²) in [4.78, 5) is 0.0665. The molecule has 0 spiro atoms. The van der Waals surface area contributed by atoms with Crippen LogP contribution >= 0.6 is 0 Å². The van der Waals surface area contributed by atoms with Crippen LogP contribution in [0.25, 0.3) is 0 Å². The summed E-state index contributed by atoms with van der Waals surface area (Å²) in [7, 11) is -5.93. The average molecular weight is 364 g/mol. The molecule has 0 bridgehead atoms. The van der Waals surface area contributed by atoms with Gasteiger partial charge in [-0.3, -0.25) is 0 Å². The lowest BCUT2D eigenvalue weighted by Crippen LogP contribution is -2.41. The highest BCUT2D eigenvalue weighted by atomic mass is 32.2. The quantitative estimate of drug-likeness (QED) is 0.757. The Morgan fingerprint density at radius 1 is 1.09 bits per heavy atom. The Hall–Kier alpha value is -1.00. The lowest BCUT2D eigenvalue weighted by molar-refractivity contribution is 0.472. The molecule has 1 rings (SSSR count). The van der Waals surface area contributed by atoms with E-state index in [0.717, 1.165) is 4.31 Å². The molecule has 0 aliphatic rings. The Morgan fingerprint density at radius 3 is 2.17 bits per heavy atom. The summed E-state index contributed by atoms with van der Waals surface area (Å²) in [6.45, 7) is 7.16. The first-order valence-electron chi connectivity index (χ1n) is 7.22. The summed E-state index contributed by atoms with van der Waals surface area (Å²) < 4.78 is 55.0. The van der Waals surface area contributed by atoms with Gasteiger partial charge in [0.25, 0.3) is 10.2 Å². The van der Waals surface area contributed by atoms with Crippen molar-refractivity contribution in [1.29, 1.82) is 0 Å². The van der Waals surface area contributed by atoms with Gasteiger partial charge in [-0.1, -0.05) is 25.1 Å². The maximum atomic E-state index is 12.5. The van der Waals surface area contributed by atoms with Crippen molar-refractivity contribution in [1.82, 2.24) is 13.7 Å². The fraction of sp³-hybridized carbons (Fsp3) is 0.571. The van der Waals surface area contributed by atoms with Crippen LogP contribution in [-0.4, -0.2) is 40.3 Å². The van der Waals surface area contributed by atoms with E-state index in [4.69, 9.17) is 0 Å². The molecule has 0 fully saturated rings. The summed E-state index contributed by atoms with van der Waals surface area (Å²) in [6.07, 6.45) is 0. The van der Waals surface area contributed by atoms with E-state index < -0.39 is 25.8 Å². The van der Waals surface area contributed by atoms with Crippen molar-refractivity contribution in [3.05, 3.63) is 29.8 Å². The number of nitrogens with one attached hydrogen (secondary N) is 2. The first-order chi connectivity index (χ1) is 10.4. The number of sulfonamides is 1. The van der Waals surface area contributed by atoms with Crippen LogP contribution in [0.3, 0.4) is 0 Å². The van der Waals surface area contributed by atoms with E-state index in [1.54, 1.807) is 45.9 Å². The molecule has 0 amide bonds. The Labute approximate surface area is 139 Å². The highest BCUT2D eigenvalue weighted by Gasteiger charge is 2.25. The normalized spacial score (nSPS) is 13.5. The molecule has 0 aliphatic carbocycles. The van der Waals surface area contributed by atoms with Crippen LogP contribution in [0.5, 0.6) is 0 Å². The number of nitrogens with zero attached hydrogens (tertiary/aromatic N) is 1. The van der Waals surface area contributed by atoms with Crippen LogP contribution in [0.4, 0.5) is 0 Å². The van der Waals surface area contributed by atoms with Crippen molar-refractivity contribution < 1.29 is 16.8 Å². The molecule has 9 heteroatoms. The van der Waals surface area contributed by atoms with Crippen LogP contribution in [0.1, 0.15) is 33.3 Å². The van der Waals surface area contributed by atoms with Crippen molar-refractivity contribution in [2.45, 2.75) is 44.7 Å². The van der Waals surface area contributed by atoms with Crippen LogP contribution in [-0.2, 0) is 26.8 Å². The second-order valence-corrected chi connectivity index (χ2v) is 9.72. The minimum Gasteiger partial charge on any atom is -0.207 e. The topological polar surface area (TPSA) is 95.6 Å². The molecule has 23 heavy (non-hydrogen) atoms. The number of benzene rings is 1. The highest BCUT2D eigenvalue weighted by Crippen LogP contribution is 2.18. The van der Waals surface area contributed by atoms with Crippen molar-refractivity contribution in [3.8, 4) is 0 Å². The standard InChI is InChI=1S/C14H25N3O4S2/c1-6-17(5)23(20,21)15-11-12-9-7-8-10-13(12)22(18,19)16-14(2,3)4/h7-10,15-16H,6,11H2,1-5H3. The molecule has 0 aromatic heterocycles. The van der Waals surface area contributed by atoms with E-state index in [2.05, 4.69) is 9.44 Å². The zero-order valence-electron chi connectivity index (χ0n) is 14.1. The van der Waals surface area contributed by atoms with Gasteiger partial charge in [0.15, 0.2) is 0 Å². The number of hydrogen-bond donors (Lipinski definition) is 2. The fourth-order valence-electron chi connectivity index (χ4n) is 1.82. The van der Waals surface area contributed by atoms with E-state index in [-0.39, 0.29) is 11.4 Å². The summed E-state index contributed by atoms with van der Waals surface area (Å²) in [5, 5.41) is 0. The zero-order chi connectivity index (χ0) is 17.9. The third kappa shape index (κ3) is 5.85. The van der Waals surface area contributed by atoms with Gasteiger partial charge in [-0.05, 0) is 32.4 Å². The summed E-state index contributed by atoms with van der Waals surface area (Å²) in [6, 6.07) is 6.32. The van der Waals surface area contributed by atoms with Gasteiger partial charge in [-0.25, -0.2) is 13.1 Å². The molecule has 2 N–H and O–H groups in total. The van der Waals surface area contributed by atoms with Gasteiger partial charge in [0.2, 0.25) is 10.0 Å². The first kappa shape index (κ1) is 20.0. The van der Waals surface area contributed by atoms with E-state index in [0.29, 0.717) is 12.1 Å². The highest BCUT2D eigenvalue weighted by molar-refractivity contribution is 7.89. The van der Waals surface area contributed by atoms with Crippen molar-refractivity contribution in [3.63, 3.8) is 0 Å². The van der Waals surface area contributed by atoms with Gasteiger partial charge in [-0.15, -0.1) is 0 Å². The monoisotopic (exact) mass is 363 g/mol. The van der Waals surface area contributed by atoms with Crippen molar-refractivity contribution >= 4 is 20.2 Å². The van der Waals surface area contributed by atoms with Gasteiger partial charge >= 0.3 is 0 Å². The molecule has 0 unspecified atom stereocenters. The number of hydrogen-bond acceptors (Lipinski definition) is 4. The van der Waals surface area contributed by atoms with E-state index in [1.807, 2.05) is 0 Å². The lowest BCUT2D eigenvalue weighted by Gasteiger charge is -2.22. The van der Waals surface area contributed by atoms with Gasteiger partial charge < -0.3 is 0 Å². The van der Waals surface area contributed by atoms with Gasteiger partial charge in [0.05, 0.1) is 4.90 Å². The molecular weight excluding hydrogens is 338 g/mol. The lowest BCUT2D eigenvalue weighted by atomic mass is 10.1. The first-order valence-corrected chi connectivity index (χ1v) is 10.1. The summed E-state index contributed by atoms with van der Waals surface area (Å²) in [5.41, 5.74) is -0.245. The molecule has 0 heterocycles. The second kappa shape index (κ2) is 7.27. The largest absolute Gasteiger partial charge is 0.279 e. The molecule has 0 atom stereocenters. The van der Waals surface area contributed by atoms with Gasteiger partial charge in [0.1, 0.15) is 0 Å². The van der Waals surface area contributed by atoms with Crippen LogP contribution in [0.15, 0.2) is 29.2 Å². The fourth-order valence-corrected chi connectivity index (χ4v) is 4.38. The Kier molecular flexibility index (Phi) is 6.33. The molecule has 0 saturated heterocycles. The molecule has 132 valence electrons. The molecule has 0 radical (unpaired) electrons. The van der Waals surface area contributed by atoms with E-state index in [9.17, 15) is 16.8 Å². The Morgan fingerprint density at radius 2 is 1.65 bits per heavy atom. The molecule has 1 aromatic rings. The zero-order valence-corrected chi connectivity index (χ0v) is 15.8. The number of rotatable bonds is 7. The Bertz CT molecular complexity index is 738. The van der Waals surface area contributed by atoms with Crippen LogP contribution in [0.2, 0.25) is 0 Å². The van der Waals surface area contributed by atoms with Crippen molar-refractivity contribution in [2.75, 3.05) is 13.6 Å². The molecule has 7 nitrogen and oxygen atoms in total. The smallest absolute Gasteiger partial charge is 0.207 e. The third-order valence-electron chi connectivity index (χ3n) is 3.00. The SMILES string of the molecule is CCN(C)S(=O)(=O)NCc1ccccc1S(=O)(=O)NC(C)(C)C. The second-order valence-electron chi connectivity index (χ2n) is 6.20. The Balaban J connectivity index is 3.08.